The molecular formula is C16H27N3. The standard InChI is InChI=1S/C16H27N3/c1-5-6-13-7-9-14(10-8-13)16-18-12(3)11(2)15(17-4)19-16/h13-14H,5-10H2,1-4H3,(H,17,18,19). The van der Waals surface area contributed by atoms with E-state index in [0.29, 0.717) is 5.92 Å². The first-order chi connectivity index (χ1) is 9.15. The van der Waals surface area contributed by atoms with E-state index < -0.39 is 0 Å². The van der Waals surface area contributed by atoms with E-state index in [1.807, 2.05) is 7.05 Å². The number of rotatable bonds is 4. The largest absolute Gasteiger partial charge is 0.373 e. The summed E-state index contributed by atoms with van der Waals surface area (Å²) >= 11 is 0. The third-order valence-corrected chi connectivity index (χ3v) is 4.55. The Morgan fingerprint density at radius 3 is 2.37 bits per heavy atom. The van der Waals surface area contributed by atoms with Crippen LogP contribution >= 0.6 is 0 Å². The molecular weight excluding hydrogens is 234 g/mol. The Kier molecular flexibility index (Phi) is 4.78. The van der Waals surface area contributed by atoms with Crippen LogP contribution in [0, 0.1) is 19.8 Å². The fraction of sp³-hybridized carbons (Fsp3) is 0.750. The van der Waals surface area contributed by atoms with Gasteiger partial charge in [0.05, 0.1) is 0 Å². The molecule has 3 nitrogen and oxygen atoms in total. The van der Waals surface area contributed by atoms with Crippen molar-refractivity contribution in [1.82, 2.24) is 9.97 Å². The average Bonchev–Trinajstić information content (AvgIpc) is 2.43. The average molecular weight is 261 g/mol. The highest BCUT2D eigenvalue weighted by Crippen LogP contribution is 2.36. The first-order valence-corrected chi connectivity index (χ1v) is 7.68. The second-order valence-corrected chi connectivity index (χ2v) is 5.90. The van der Waals surface area contributed by atoms with Crippen LogP contribution in [-0.4, -0.2) is 17.0 Å². The van der Waals surface area contributed by atoms with E-state index in [1.165, 1.54) is 44.1 Å². The van der Waals surface area contributed by atoms with Crippen molar-refractivity contribution < 1.29 is 0 Å². The molecule has 2 rings (SSSR count). The summed E-state index contributed by atoms with van der Waals surface area (Å²) in [4.78, 5) is 9.45. The van der Waals surface area contributed by atoms with Crippen LogP contribution in [0.25, 0.3) is 0 Å². The Labute approximate surface area is 117 Å². The van der Waals surface area contributed by atoms with Crippen LogP contribution in [0.1, 0.15) is 68.4 Å². The molecule has 1 heterocycles. The van der Waals surface area contributed by atoms with Crippen molar-refractivity contribution in [3.8, 4) is 0 Å². The Morgan fingerprint density at radius 1 is 1.11 bits per heavy atom. The van der Waals surface area contributed by atoms with Crippen molar-refractivity contribution in [2.45, 2.75) is 65.2 Å². The lowest BCUT2D eigenvalue weighted by Gasteiger charge is -2.28. The summed E-state index contributed by atoms with van der Waals surface area (Å²) < 4.78 is 0. The lowest BCUT2D eigenvalue weighted by Crippen LogP contribution is -2.16. The van der Waals surface area contributed by atoms with Crippen LogP contribution in [0.4, 0.5) is 5.82 Å². The molecule has 1 aromatic heterocycles. The number of anilines is 1. The molecule has 0 spiro atoms. The molecule has 1 N–H and O–H groups in total. The lowest BCUT2D eigenvalue weighted by molar-refractivity contribution is 0.302. The van der Waals surface area contributed by atoms with Gasteiger partial charge in [0.1, 0.15) is 11.6 Å². The van der Waals surface area contributed by atoms with E-state index >= 15 is 0 Å². The van der Waals surface area contributed by atoms with Crippen molar-refractivity contribution in [2.75, 3.05) is 12.4 Å². The minimum Gasteiger partial charge on any atom is -0.373 e. The van der Waals surface area contributed by atoms with Crippen molar-refractivity contribution in [3.63, 3.8) is 0 Å². The fourth-order valence-corrected chi connectivity index (χ4v) is 3.19. The van der Waals surface area contributed by atoms with Crippen molar-refractivity contribution >= 4 is 5.82 Å². The molecule has 0 amide bonds. The summed E-state index contributed by atoms with van der Waals surface area (Å²) in [5, 5.41) is 3.19. The highest BCUT2D eigenvalue weighted by atomic mass is 15.0. The number of hydrogen-bond donors (Lipinski definition) is 1. The van der Waals surface area contributed by atoms with E-state index in [4.69, 9.17) is 9.97 Å². The number of hydrogen-bond acceptors (Lipinski definition) is 3. The van der Waals surface area contributed by atoms with Gasteiger partial charge in [-0.15, -0.1) is 0 Å². The molecule has 1 saturated carbocycles. The van der Waals surface area contributed by atoms with Crippen molar-refractivity contribution in [2.24, 2.45) is 5.92 Å². The molecule has 1 aromatic rings. The maximum absolute atomic E-state index is 4.72. The van der Waals surface area contributed by atoms with Crippen molar-refractivity contribution in [3.05, 3.63) is 17.1 Å². The Morgan fingerprint density at radius 2 is 1.79 bits per heavy atom. The van der Waals surface area contributed by atoms with Gasteiger partial charge in [0.2, 0.25) is 0 Å². The molecule has 0 unspecified atom stereocenters. The van der Waals surface area contributed by atoms with Gasteiger partial charge in [-0.2, -0.15) is 0 Å². The first kappa shape index (κ1) is 14.3. The molecule has 0 bridgehead atoms. The van der Waals surface area contributed by atoms with Gasteiger partial charge in [-0.25, -0.2) is 9.97 Å². The second kappa shape index (κ2) is 6.36. The predicted octanol–water partition coefficient (Wildman–Crippen LogP) is 4.21. The van der Waals surface area contributed by atoms with Gasteiger partial charge in [-0.1, -0.05) is 19.8 Å². The van der Waals surface area contributed by atoms with E-state index in [0.717, 1.165) is 23.3 Å². The molecule has 1 aliphatic carbocycles. The zero-order valence-electron chi connectivity index (χ0n) is 12.8. The van der Waals surface area contributed by atoms with Crippen LogP contribution in [-0.2, 0) is 0 Å². The maximum Gasteiger partial charge on any atom is 0.134 e. The molecule has 0 radical (unpaired) electrons. The zero-order valence-corrected chi connectivity index (χ0v) is 12.8. The predicted molar refractivity (Wildman–Crippen MR) is 80.7 cm³/mol. The summed E-state index contributed by atoms with van der Waals surface area (Å²) in [5.41, 5.74) is 2.29. The summed E-state index contributed by atoms with van der Waals surface area (Å²) in [7, 11) is 1.94. The van der Waals surface area contributed by atoms with E-state index in [9.17, 15) is 0 Å². The van der Waals surface area contributed by atoms with Crippen molar-refractivity contribution in [1.29, 1.82) is 0 Å². The fourth-order valence-electron chi connectivity index (χ4n) is 3.19. The van der Waals surface area contributed by atoms with Gasteiger partial charge >= 0.3 is 0 Å². The van der Waals surface area contributed by atoms with Gasteiger partial charge in [-0.05, 0) is 45.4 Å². The molecule has 3 heteroatoms. The zero-order chi connectivity index (χ0) is 13.8. The van der Waals surface area contributed by atoms with E-state index in [1.54, 1.807) is 0 Å². The topological polar surface area (TPSA) is 37.8 Å². The monoisotopic (exact) mass is 261 g/mol. The van der Waals surface area contributed by atoms with Gasteiger partial charge in [0, 0.05) is 24.2 Å². The molecule has 0 saturated heterocycles. The van der Waals surface area contributed by atoms with Gasteiger partial charge in [-0.3, -0.25) is 0 Å². The quantitative estimate of drug-likeness (QED) is 0.882. The number of nitrogens with one attached hydrogen (secondary N) is 1. The molecule has 1 fully saturated rings. The normalized spacial score (nSPS) is 23.4. The minimum atomic E-state index is 0.569. The Hall–Kier alpha value is -1.12. The van der Waals surface area contributed by atoms with Gasteiger partial charge in [0.15, 0.2) is 0 Å². The maximum atomic E-state index is 4.72. The first-order valence-electron chi connectivity index (χ1n) is 7.68. The van der Waals surface area contributed by atoms with Crippen LogP contribution in [0.2, 0.25) is 0 Å². The van der Waals surface area contributed by atoms with E-state index in [2.05, 4.69) is 26.1 Å². The molecule has 19 heavy (non-hydrogen) atoms. The third-order valence-electron chi connectivity index (χ3n) is 4.55. The number of nitrogens with zero attached hydrogens (tertiary/aromatic N) is 2. The molecule has 0 atom stereocenters. The lowest BCUT2D eigenvalue weighted by atomic mass is 9.79. The summed E-state index contributed by atoms with van der Waals surface area (Å²) in [6, 6.07) is 0. The summed E-state index contributed by atoms with van der Waals surface area (Å²) in [6.07, 6.45) is 7.93. The van der Waals surface area contributed by atoms with Gasteiger partial charge < -0.3 is 5.32 Å². The Bertz CT molecular complexity index is 420. The number of aryl methyl sites for hydroxylation is 1. The highest BCUT2D eigenvalue weighted by Gasteiger charge is 2.24. The molecule has 0 aromatic carbocycles. The van der Waals surface area contributed by atoms with E-state index in [-0.39, 0.29) is 0 Å². The SMILES string of the molecule is CCCC1CCC(c2nc(C)c(C)c(NC)n2)CC1. The van der Waals surface area contributed by atoms with Crippen LogP contribution in [0.5, 0.6) is 0 Å². The molecule has 0 aliphatic heterocycles. The smallest absolute Gasteiger partial charge is 0.134 e. The number of aromatic nitrogens is 2. The summed E-state index contributed by atoms with van der Waals surface area (Å²) in [5.74, 6) is 3.57. The third kappa shape index (κ3) is 3.26. The Balaban J connectivity index is 2.09. The molecule has 106 valence electrons. The van der Waals surface area contributed by atoms with Crippen LogP contribution in [0.3, 0.4) is 0 Å². The van der Waals surface area contributed by atoms with Crippen LogP contribution < -0.4 is 5.32 Å². The molecule has 1 aliphatic rings. The highest BCUT2D eigenvalue weighted by molar-refractivity contribution is 5.45. The van der Waals surface area contributed by atoms with Crippen LogP contribution in [0.15, 0.2) is 0 Å². The minimum absolute atomic E-state index is 0.569. The summed E-state index contributed by atoms with van der Waals surface area (Å²) in [6.45, 7) is 6.46. The van der Waals surface area contributed by atoms with Gasteiger partial charge in [0.25, 0.3) is 0 Å². The second-order valence-electron chi connectivity index (χ2n) is 5.90.